The van der Waals surface area contributed by atoms with E-state index in [1.165, 1.54) is 25.7 Å². The Morgan fingerprint density at radius 2 is 1.54 bits per heavy atom. The maximum atomic E-state index is 13.4. The maximum Gasteiger partial charge on any atom is 0.311 e. The number of aliphatic hydroxyl groups is 6. The van der Waals surface area contributed by atoms with Gasteiger partial charge < -0.3 is 49.7 Å². The Hall–Kier alpha value is -2.16. The minimum Gasteiger partial charge on any atom is -0.459 e. The van der Waals surface area contributed by atoms with Crippen molar-refractivity contribution in [3.8, 4) is 0 Å². The predicted octanol–water partition coefficient (Wildman–Crippen LogP) is 2.17. The van der Waals surface area contributed by atoms with Crippen molar-refractivity contribution in [2.75, 3.05) is 7.05 Å². The van der Waals surface area contributed by atoms with E-state index < -0.39 is 95.9 Å². The lowest BCUT2D eigenvalue weighted by atomic mass is 9.73. The molecule has 3 rings (SSSR count). The molecule has 15 atom stereocenters. The summed E-state index contributed by atoms with van der Waals surface area (Å²) in [4.78, 5) is 28.2. The summed E-state index contributed by atoms with van der Waals surface area (Å²) in [6.07, 6.45) is -9.30. The molecule has 0 bridgehead atoms. The quantitative estimate of drug-likeness (QED) is 0.250. The molecule has 1 amide bonds. The summed E-state index contributed by atoms with van der Waals surface area (Å²) in [5.41, 5.74) is -2.25. The highest BCUT2D eigenvalue weighted by molar-refractivity contribution is 5.94. The highest BCUT2D eigenvalue weighted by atomic mass is 16.7. The van der Waals surface area contributed by atoms with Gasteiger partial charge in [-0.05, 0) is 71.9 Å². The Morgan fingerprint density at radius 1 is 0.958 bits per heavy atom. The van der Waals surface area contributed by atoms with Gasteiger partial charge in [0, 0.05) is 24.4 Å². The molecule has 1 unspecified atom stereocenters. The molecule has 0 radical (unpaired) electrons. The van der Waals surface area contributed by atoms with E-state index in [-0.39, 0.29) is 18.7 Å². The third-order valence-electron chi connectivity index (χ3n) is 10.8. The Bertz CT molecular complexity index is 1220. The number of carbonyl (C=O) groups excluding carboxylic acids is 2. The van der Waals surface area contributed by atoms with Gasteiger partial charge >= 0.3 is 5.97 Å². The standard InChI is InChI=1S/C36H59NO11/c1-11-26-36(9,45)30(41)21(5)27(38)19(3)17-35(8,44)31(22(6)28(39)23(7)33(43)47-26)48-34-29(40)25(16-20(4)46-34)37(10)32(42)24-14-12-18(2)13-15-24/h12-15,19-23,25-31,34,38-41,44-45H,11,16-17H2,1-10H3/t19-,20-,21+,22+,23-,25+,26-,27+,28+,29-,30-,31-,34+,35?,36-/m1/s1. The number of hydrogen-bond donors (Lipinski definition) is 6. The molecule has 2 heterocycles. The molecule has 2 aliphatic heterocycles. The summed E-state index contributed by atoms with van der Waals surface area (Å²) < 4.78 is 18.1. The number of nitrogens with zero attached hydrogens (tertiary/aromatic N) is 1. The second-order valence-corrected chi connectivity index (χ2v) is 15.0. The fourth-order valence-corrected chi connectivity index (χ4v) is 7.51. The average Bonchev–Trinajstić information content (AvgIpc) is 3.03. The molecule has 0 aromatic heterocycles. The smallest absolute Gasteiger partial charge is 0.311 e. The van der Waals surface area contributed by atoms with Crippen LogP contribution in [0.15, 0.2) is 24.3 Å². The molecule has 2 saturated heterocycles. The van der Waals surface area contributed by atoms with Crippen molar-refractivity contribution in [2.24, 2.45) is 23.7 Å². The van der Waals surface area contributed by atoms with E-state index in [2.05, 4.69) is 0 Å². The van der Waals surface area contributed by atoms with Crippen molar-refractivity contribution < 1.29 is 54.4 Å². The van der Waals surface area contributed by atoms with Crippen LogP contribution < -0.4 is 0 Å². The van der Waals surface area contributed by atoms with Crippen molar-refractivity contribution in [3.63, 3.8) is 0 Å². The molecule has 48 heavy (non-hydrogen) atoms. The first-order valence-electron chi connectivity index (χ1n) is 17.2. The summed E-state index contributed by atoms with van der Waals surface area (Å²) in [6, 6.07) is 6.39. The van der Waals surface area contributed by atoms with E-state index in [1.807, 2.05) is 19.1 Å². The van der Waals surface area contributed by atoms with Crippen LogP contribution in [0.3, 0.4) is 0 Å². The second-order valence-electron chi connectivity index (χ2n) is 15.0. The Labute approximate surface area is 285 Å². The van der Waals surface area contributed by atoms with Crippen LogP contribution in [0.2, 0.25) is 0 Å². The molecular formula is C36H59NO11. The van der Waals surface area contributed by atoms with E-state index in [0.29, 0.717) is 12.0 Å². The third-order valence-corrected chi connectivity index (χ3v) is 10.8. The Morgan fingerprint density at radius 3 is 2.10 bits per heavy atom. The molecule has 274 valence electrons. The summed E-state index contributed by atoms with van der Waals surface area (Å²) in [5.74, 6) is -4.76. The number of benzene rings is 1. The highest BCUT2D eigenvalue weighted by Crippen LogP contribution is 2.38. The van der Waals surface area contributed by atoms with Gasteiger partial charge in [-0.25, -0.2) is 0 Å². The number of amides is 1. The molecule has 0 aliphatic carbocycles. The first-order valence-corrected chi connectivity index (χ1v) is 17.2. The van der Waals surface area contributed by atoms with Gasteiger partial charge in [-0.3, -0.25) is 9.59 Å². The zero-order valence-corrected chi connectivity index (χ0v) is 30.1. The number of aliphatic hydroxyl groups excluding tert-OH is 4. The van der Waals surface area contributed by atoms with E-state index >= 15 is 0 Å². The number of likely N-dealkylation sites (N-methyl/N-ethyl adjacent to an activating group) is 1. The lowest BCUT2D eigenvalue weighted by molar-refractivity contribution is -0.299. The molecule has 12 heteroatoms. The number of hydrogen-bond acceptors (Lipinski definition) is 11. The first-order chi connectivity index (χ1) is 22.1. The predicted molar refractivity (Wildman–Crippen MR) is 178 cm³/mol. The van der Waals surface area contributed by atoms with E-state index in [4.69, 9.17) is 14.2 Å². The number of esters is 1. The van der Waals surface area contributed by atoms with Gasteiger partial charge in [0.2, 0.25) is 0 Å². The largest absolute Gasteiger partial charge is 0.459 e. The summed E-state index contributed by atoms with van der Waals surface area (Å²) in [7, 11) is 1.60. The van der Waals surface area contributed by atoms with Crippen molar-refractivity contribution >= 4 is 11.9 Å². The SMILES string of the molecule is CC[C@H]1OC(=O)[C@H](C)[C@@H](O)[C@H](C)[C@@H](O[C@@H]2O[C@H](C)C[C@H](N(C)C(=O)c3ccc(C)cc3)[C@H]2O)C(C)(O)C[C@@H](C)[C@H](O)[C@H](C)[C@@H](O)[C@]1(C)O. The monoisotopic (exact) mass is 681 g/mol. The van der Waals surface area contributed by atoms with Crippen molar-refractivity contribution in [1.29, 1.82) is 0 Å². The topological polar surface area (TPSA) is 186 Å². The van der Waals surface area contributed by atoms with Gasteiger partial charge in [0.05, 0.1) is 48.1 Å². The van der Waals surface area contributed by atoms with E-state index in [1.54, 1.807) is 53.8 Å². The Kier molecular flexibility index (Phi) is 13.3. The van der Waals surface area contributed by atoms with Crippen molar-refractivity contribution in [2.45, 2.75) is 148 Å². The summed E-state index contributed by atoms with van der Waals surface area (Å²) in [6.45, 7) is 14.5. The van der Waals surface area contributed by atoms with Gasteiger partial charge in [-0.15, -0.1) is 0 Å². The van der Waals surface area contributed by atoms with Gasteiger partial charge in [0.15, 0.2) is 6.29 Å². The molecule has 2 aliphatic rings. The van der Waals surface area contributed by atoms with Crippen LogP contribution in [-0.2, 0) is 19.0 Å². The van der Waals surface area contributed by atoms with E-state index in [0.717, 1.165) is 5.56 Å². The second kappa shape index (κ2) is 15.8. The first kappa shape index (κ1) is 40.3. The third kappa shape index (κ3) is 8.58. The zero-order chi connectivity index (χ0) is 36.5. The van der Waals surface area contributed by atoms with Crippen LogP contribution >= 0.6 is 0 Å². The normalized spacial score (nSPS) is 43.6. The number of cyclic esters (lactones) is 1. The number of aryl methyl sites for hydroxylation is 1. The minimum atomic E-state index is -1.92. The van der Waals surface area contributed by atoms with E-state index in [9.17, 15) is 40.2 Å². The van der Waals surface area contributed by atoms with Crippen LogP contribution in [0, 0.1) is 30.6 Å². The fourth-order valence-electron chi connectivity index (χ4n) is 7.51. The molecule has 0 spiro atoms. The molecule has 6 N–H and O–H groups in total. The minimum absolute atomic E-state index is 0.0846. The Balaban J connectivity index is 1.99. The van der Waals surface area contributed by atoms with Crippen LogP contribution in [0.5, 0.6) is 0 Å². The highest BCUT2D eigenvalue weighted by Gasteiger charge is 2.51. The lowest BCUT2D eigenvalue weighted by Gasteiger charge is -2.47. The summed E-state index contributed by atoms with van der Waals surface area (Å²) >= 11 is 0. The zero-order valence-electron chi connectivity index (χ0n) is 30.1. The molecule has 2 fully saturated rings. The molecule has 1 aromatic rings. The molecule has 12 nitrogen and oxygen atoms in total. The average molecular weight is 682 g/mol. The fraction of sp³-hybridized carbons (Fsp3) is 0.778. The number of ether oxygens (including phenoxy) is 3. The van der Waals surface area contributed by atoms with Crippen LogP contribution in [0.25, 0.3) is 0 Å². The van der Waals surface area contributed by atoms with Gasteiger partial charge in [0.25, 0.3) is 5.91 Å². The number of carbonyl (C=O) groups is 2. The maximum absolute atomic E-state index is 13.4. The molecular weight excluding hydrogens is 622 g/mol. The summed E-state index contributed by atoms with van der Waals surface area (Å²) in [5, 5.41) is 69.0. The number of rotatable bonds is 5. The van der Waals surface area contributed by atoms with Gasteiger partial charge in [0.1, 0.15) is 17.8 Å². The lowest BCUT2D eigenvalue weighted by Crippen LogP contribution is -2.61. The van der Waals surface area contributed by atoms with Crippen LogP contribution in [0.4, 0.5) is 0 Å². The van der Waals surface area contributed by atoms with Gasteiger partial charge in [-0.2, -0.15) is 0 Å². The van der Waals surface area contributed by atoms with Crippen LogP contribution in [0.1, 0.15) is 90.6 Å². The van der Waals surface area contributed by atoms with Gasteiger partial charge in [-0.1, -0.05) is 45.4 Å². The molecule has 0 saturated carbocycles. The van der Waals surface area contributed by atoms with Crippen molar-refractivity contribution in [1.82, 2.24) is 4.90 Å². The van der Waals surface area contributed by atoms with Crippen LogP contribution in [-0.4, -0.2) is 121 Å². The molecule has 1 aromatic carbocycles. The van der Waals surface area contributed by atoms with Crippen molar-refractivity contribution in [3.05, 3.63) is 35.4 Å².